The maximum absolute atomic E-state index is 13.9. The number of amides is 3. The number of aliphatic hydroxyl groups is 1. The van der Waals surface area contributed by atoms with Crippen molar-refractivity contribution < 1.29 is 29.0 Å². The van der Waals surface area contributed by atoms with E-state index in [1.807, 2.05) is 16.7 Å². The minimum absolute atomic E-state index is 0.0200. The molecule has 0 spiro atoms. The van der Waals surface area contributed by atoms with E-state index in [1.165, 1.54) is 52.4 Å². The van der Waals surface area contributed by atoms with Gasteiger partial charge in [-0.2, -0.15) is 0 Å². The minimum atomic E-state index is -0.956. The number of aliphatic hydroxyl groups excluding tert-OH is 1. The number of rotatable bonds is 16. The average Bonchev–Trinajstić information content (AvgIpc) is 3.09. The van der Waals surface area contributed by atoms with Crippen molar-refractivity contribution in [1.82, 2.24) is 25.8 Å². The zero-order chi connectivity index (χ0) is 34.5. The van der Waals surface area contributed by atoms with Gasteiger partial charge >= 0.3 is 0 Å². The van der Waals surface area contributed by atoms with E-state index >= 15 is 0 Å². The van der Waals surface area contributed by atoms with Crippen LogP contribution in [0.25, 0.3) is 0 Å². The Hall–Kier alpha value is -1.83. The summed E-state index contributed by atoms with van der Waals surface area (Å²) in [6.07, 6.45) is 13.5. The number of piperidine rings is 2. The first-order valence-electron chi connectivity index (χ1n) is 19.1. The topological polar surface area (TPSA) is 158 Å². The van der Waals surface area contributed by atoms with Crippen molar-refractivity contribution >= 4 is 17.7 Å². The summed E-state index contributed by atoms with van der Waals surface area (Å²) in [5, 5.41) is 21.1. The third-order valence-corrected chi connectivity index (χ3v) is 11.0. The minimum Gasteiger partial charge on any atom is -0.376 e. The van der Waals surface area contributed by atoms with Gasteiger partial charge in [0.05, 0.1) is 12.7 Å². The van der Waals surface area contributed by atoms with Crippen LogP contribution < -0.4 is 21.7 Å². The van der Waals surface area contributed by atoms with Crippen LogP contribution in [-0.2, 0) is 23.9 Å². The number of nitrogens with zero attached hydrogens (tertiary/aromatic N) is 2. The van der Waals surface area contributed by atoms with E-state index in [9.17, 15) is 19.5 Å². The highest BCUT2D eigenvalue weighted by Crippen LogP contribution is 2.26. The molecule has 12 heteroatoms. The highest BCUT2D eigenvalue weighted by molar-refractivity contribution is 5.87. The quantitative estimate of drug-likeness (QED) is 0.155. The predicted octanol–water partition coefficient (Wildman–Crippen LogP) is 2.47. The van der Waals surface area contributed by atoms with Crippen molar-refractivity contribution in [2.75, 3.05) is 45.9 Å². The largest absolute Gasteiger partial charge is 0.376 e. The third kappa shape index (κ3) is 12.5. The van der Waals surface area contributed by atoms with Gasteiger partial charge < -0.3 is 35.8 Å². The smallest absolute Gasteiger partial charge is 0.247 e. The molecule has 3 amide bonds. The van der Waals surface area contributed by atoms with Gasteiger partial charge in [0.25, 0.3) is 0 Å². The lowest BCUT2D eigenvalue weighted by Crippen LogP contribution is -2.64. The maximum atomic E-state index is 13.9. The molecule has 2 aliphatic carbocycles. The van der Waals surface area contributed by atoms with Crippen molar-refractivity contribution in [3.8, 4) is 0 Å². The van der Waals surface area contributed by atoms with Crippen LogP contribution in [0.1, 0.15) is 111 Å². The van der Waals surface area contributed by atoms with Crippen LogP contribution in [0.3, 0.4) is 0 Å². The van der Waals surface area contributed by atoms with E-state index in [4.69, 9.17) is 15.2 Å². The summed E-state index contributed by atoms with van der Waals surface area (Å²) in [5.74, 6) is 0.526. The first-order valence-corrected chi connectivity index (χ1v) is 19.1. The zero-order valence-electron chi connectivity index (χ0n) is 30.0. The number of carbonyl (C=O) groups is 3. The van der Waals surface area contributed by atoms with Gasteiger partial charge in [-0.05, 0) is 76.0 Å². The van der Waals surface area contributed by atoms with Gasteiger partial charge in [0, 0.05) is 59.2 Å². The molecule has 4 fully saturated rings. The van der Waals surface area contributed by atoms with Crippen LogP contribution in [0, 0.1) is 17.8 Å². The molecular weight excluding hydrogens is 612 g/mol. The van der Waals surface area contributed by atoms with E-state index in [-0.39, 0.29) is 29.7 Å². The van der Waals surface area contributed by atoms with E-state index in [0.717, 1.165) is 51.4 Å². The number of nitrogens with two attached hydrogens (primary N) is 1. The third-order valence-electron chi connectivity index (χ3n) is 11.0. The average molecular weight is 679 g/mol. The molecule has 7 unspecified atom stereocenters. The second-order valence-electron chi connectivity index (χ2n) is 15.2. The Morgan fingerprint density at radius 2 is 1.35 bits per heavy atom. The summed E-state index contributed by atoms with van der Waals surface area (Å²) in [5.41, 5.74) is 6.26. The van der Waals surface area contributed by atoms with E-state index in [1.54, 1.807) is 0 Å². The lowest BCUT2D eigenvalue weighted by atomic mass is 9.90. The Morgan fingerprint density at radius 1 is 0.771 bits per heavy atom. The van der Waals surface area contributed by atoms with Crippen LogP contribution in [0.15, 0.2) is 0 Å². The number of carbonyl (C=O) groups excluding carboxylic acids is 3. The lowest BCUT2D eigenvalue weighted by Gasteiger charge is -2.42. The standard InChI is InChI=1S/C36H66N6O6/c1-25(47-23-28-12-6-4-7-13-28)32(39-26(2)43)35(45)41-18-10-16-30(21-41)20-38-34(48-24-29-14-8-5-9-15-29)33(40-27(3)44)36(46)42-19-11-17-31(37)22-42/h25,28-34,36,38,46H,4-24,37H2,1-3H3,(H,39,43)(H,40,44). The van der Waals surface area contributed by atoms with E-state index < -0.39 is 30.6 Å². The number of likely N-dealkylation sites (tertiary alicyclic amines) is 2. The fraction of sp³-hybridized carbons (Fsp3) is 0.917. The van der Waals surface area contributed by atoms with Crippen LogP contribution in [0.2, 0.25) is 0 Å². The molecule has 0 aromatic carbocycles. The summed E-state index contributed by atoms with van der Waals surface area (Å²) >= 11 is 0. The molecule has 0 bridgehead atoms. The van der Waals surface area contributed by atoms with Crippen molar-refractivity contribution in [3.05, 3.63) is 0 Å². The Bertz CT molecular complexity index is 992. The Morgan fingerprint density at radius 3 is 1.96 bits per heavy atom. The predicted molar refractivity (Wildman–Crippen MR) is 186 cm³/mol. The summed E-state index contributed by atoms with van der Waals surface area (Å²) in [6.45, 7) is 8.98. The maximum Gasteiger partial charge on any atom is 0.247 e. The Kier molecular flexibility index (Phi) is 16.3. The second kappa shape index (κ2) is 20.1. The molecule has 2 aliphatic heterocycles. The summed E-state index contributed by atoms with van der Waals surface area (Å²) in [4.78, 5) is 42.3. The fourth-order valence-electron chi connectivity index (χ4n) is 8.18. The molecule has 2 heterocycles. The van der Waals surface area contributed by atoms with Gasteiger partial charge in [-0.15, -0.1) is 0 Å². The van der Waals surface area contributed by atoms with Gasteiger partial charge in [0.15, 0.2) is 0 Å². The van der Waals surface area contributed by atoms with Gasteiger partial charge in [-0.25, -0.2) is 0 Å². The molecule has 2 saturated carbocycles. The molecule has 0 aromatic heterocycles. The van der Waals surface area contributed by atoms with Crippen molar-refractivity contribution in [2.24, 2.45) is 23.5 Å². The van der Waals surface area contributed by atoms with Gasteiger partial charge in [-0.1, -0.05) is 38.5 Å². The van der Waals surface area contributed by atoms with Crippen LogP contribution in [-0.4, -0.2) is 115 Å². The van der Waals surface area contributed by atoms with Crippen molar-refractivity contribution in [1.29, 1.82) is 0 Å². The molecule has 276 valence electrons. The summed E-state index contributed by atoms with van der Waals surface area (Å²) < 4.78 is 12.8. The number of ether oxygens (including phenoxy) is 2. The zero-order valence-corrected chi connectivity index (χ0v) is 30.0. The molecule has 4 rings (SSSR count). The second-order valence-corrected chi connectivity index (χ2v) is 15.2. The highest BCUT2D eigenvalue weighted by atomic mass is 16.5. The monoisotopic (exact) mass is 679 g/mol. The first-order chi connectivity index (χ1) is 23.1. The van der Waals surface area contributed by atoms with Crippen molar-refractivity contribution in [2.45, 2.75) is 147 Å². The molecule has 2 saturated heterocycles. The van der Waals surface area contributed by atoms with Crippen LogP contribution >= 0.6 is 0 Å². The molecule has 4 aliphatic rings. The molecule has 7 atom stereocenters. The SMILES string of the molecule is CC(=O)NC(C(=O)N1CCCC(CNC(OCC2CCCCC2)C(NC(C)=O)C(O)N2CCCC(N)C2)C1)C(C)OCC1CCCCC1. The summed E-state index contributed by atoms with van der Waals surface area (Å²) in [6, 6.07) is -1.45. The molecule has 0 aromatic rings. The van der Waals surface area contributed by atoms with E-state index in [2.05, 4.69) is 16.0 Å². The van der Waals surface area contributed by atoms with Gasteiger partial charge in [0.1, 0.15) is 24.5 Å². The van der Waals surface area contributed by atoms with E-state index in [0.29, 0.717) is 57.8 Å². The number of nitrogens with one attached hydrogen (secondary N) is 3. The lowest BCUT2D eigenvalue weighted by molar-refractivity contribution is -0.142. The number of hydrogen-bond acceptors (Lipinski definition) is 9. The summed E-state index contributed by atoms with van der Waals surface area (Å²) in [7, 11) is 0. The first kappa shape index (κ1) is 39.0. The molecule has 0 radical (unpaired) electrons. The highest BCUT2D eigenvalue weighted by Gasteiger charge is 2.38. The molecule has 48 heavy (non-hydrogen) atoms. The molecular formula is C36H66N6O6. The number of hydrogen-bond donors (Lipinski definition) is 5. The molecule has 6 N–H and O–H groups in total. The van der Waals surface area contributed by atoms with Crippen LogP contribution in [0.4, 0.5) is 0 Å². The van der Waals surface area contributed by atoms with Crippen LogP contribution in [0.5, 0.6) is 0 Å². The van der Waals surface area contributed by atoms with Crippen molar-refractivity contribution in [3.63, 3.8) is 0 Å². The van der Waals surface area contributed by atoms with Gasteiger partial charge in [0.2, 0.25) is 17.7 Å². The molecule has 12 nitrogen and oxygen atoms in total. The normalized spacial score (nSPS) is 26.6. The Balaban J connectivity index is 1.40. The Labute approximate surface area is 289 Å². The van der Waals surface area contributed by atoms with Gasteiger partial charge in [-0.3, -0.25) is 24.6 Å². The fourth-order valence-corrected chi connectivity index (χ4v) is 8.18.